The van der Waals surface area contributed by atoms with Gasteiger partial charge in [0, 0.05) is 35.0 Å². The first kappa shape index (κ1) is 19.9. The standard InChI is InChI=1S/C25H29BrN4/c26-21-9-10-28-25(14-21)29-23-4-2-1-3-19(23)13-20-11-18-12-24(20)30(16-18)22-7-5-17(15-27)6-8-22/h5-10,14,18-20,23-24H,1-4,11-13,16H2,(H,28,29)/t18-,19+,20-,23-,24-/m1/s1. The maximum atomic E-state index is 9.09. The van der Waals surface area contributed by atoms with Crippen LogP contribution in [0.4, 0.5) is 11.5 Å². The summed E-state index contributed by atoms with van der Waals surface area (Å²) in [7, 11) is 0. The molecule has 5 heteroatoms. The molecule has 1 saturated heterocycles. The molecule has 0 spiro atoms. The smallest absolute Gasteiger partial charge is 0.127 e. The minimum absolute atomic E-state index is 0.531. The van der Waals surface area contributed by atoms with E-state index in [4.69, 9.17) is 5.26 Å². The van der Waals surface area contributed by atoms with Gasteiger partial charge in [-0.3, -0.25) is 0 Å². The van der Waals surface area contributed by atoms with Crippen LogP contribution in [-0.4, -0.2) is 23.6 Å². The van der Waals surface area contributed by atoms with Crippen LogP contribution in [0.5, 0.6) is 0 Å². The Labute approximate surface area is 187 Å². The molecule has 2 saturated carbocycles. The topological polar surface area (TPSA) is 52.0 Å². The molecular formula is C25H29BrN4. The fourth-order valence-electron chi connectivity index (χ4n) is 6.18. The van der Waals surface area contributed by atoms with Crippen molar-refractivity contribution in [3.8, 4) is 6.07 Å². The monoisotopic (exact) mass is 464 g/mol. The molecule has 0 radical (unpaired) electrons. The summed E-state index contributed by atoms with van der Waals surface area (Å²) in [6.45, 7) is 1.18. The second-order valence-electron chi connectivity index (χ2n) is 9.37. The molecule has 3 fully saturated rings. The van der Waals surface area contributed by atoms with Crippen molar-refractivity contribution in [1.82, 2.24) is 4.98 Å². The zero-order valence-corrected chi connectivity index (χ0v) is 18.9. The molecule has 156 valence electrons. The molecule has 30 heavy (non-hydrogen) atoms. The number of nitriles is 1. The summed E-state index contributed by atoms with van der Waals surface area (Å²) in [6, 6.07) is 15.7. The number of fused-ring (bicyclic) bond motifs is 2. The summed E-state index contributed by atoms with van der Waals surface area (Å²) in [5, 5.41) is 12.9. The summed E-state index contributed by atoms with van der Waals surface area (Å²) in [5.74, 6) is 3.33. The van der Waals surface area contributed by atoms with Gasteiger partial charge in [0.05, 0.1) is 11.6 Å². The second-order valence-corrected chi connectivity index (χ2v) is 10.3. The van der Waals surface area contributed by atoms with E-state index in [1.165, 1.54) is 57.2 Å². The summed E-state index contributed by atoms with van der Waals surface area (Å²) < 4.78 is 1.08. The third kappa shape index (κ3) is 4.07. The predicted octanol–water partition coefficient (Wildman–Crippen LogP) is 5.99. The van der Waals surface area contributed by atoms with E-state index in [9.17, 15) is 0 Å². The van der Waals surface area contributed by atoms with Gasteiger partial charge >= 0.3 is 0 Å². The minimum atomic E-state index is 0.531. The van der Waals surface area contributed by atoms with E-state index in [2.05, 4.69) is 55.4 Å². The Hall–Kier alpha value is -2.06. The molecule has 0 amide bonds. The zero-order valence-electron chi connectivity index (χ0n) is 17.3. The highest BCUT2D eigenvalue weighted by atomic mass is 79.9. The van der Waals surface area contributed by atoms with E-state index >= 15 is 0 Å². The van der Waals surface area contributed by atoms with Crippen LogP contribution in [0.3, 0.4) is 0 Å². The van der Waals surface area contributed by atoms with Gasteiger partial charge in [-0.15, -0.1) is 0 Å². The molecular weight excluding hydrogens is 436 g/mol. The Morgan fingerprint density at radius 1 is 1.10 bits per heavy atom. The fraction of sp³-hybridized carbons (Fsp3) is 0.520. The Balaban J connectivity index is 1.27. The number of rotatable bonds is 5. The number of nitrogens with one attached hydrogen (secondary N) is 1. The quantitative estimate of drug-likeness (QED) is 0.589. The van der Waals surface area contributed by atoms with E-state index in [1.807, 2.05) is 24.4 Å². The highest BCUT2D eigenvalue weighted by molar-refractivity contribution is 9.10. The number of pyridine rings is 1. The molecule has 1 aromatic carbocycles. The normalized spacial score (nSPS) is 30.3. The number of anilines is 2. The number of piperidine rings is 1. The van der Waals surface area contributed by atoms with E-state index in [0.717, 1.165) is 33.6 Å². The second kappa shape index (κ2) is 8.59. The molecule has 2 aromatic rings. The van der Waals surface area contributed by atoms with Gasteiger partial charge in [0.1, 0.15) is 5.82 Å². The number of hydrogen-bond donors (Lipinski definition) is 1. The van der Waals surface area contributed by atoms with E-state index in [1.54, 1.807) is 0 Å². The van der Waals surface area contributed by atoms with Crippen molar-refractivity contribution < 1.29 is 0 Å². The van der Waals surface area contributed by atoms with E-state index in [-0.39, 0.29) is 0 Å². The van der Waals surface area contributed by atoms with Crippen molar-refractivity contribution in [3.05, 3.63) is 52.6 Å². The Bertz CT molecular complexity index is 921. The van der Waals surface area contributed by atoms with Crippen LogP contribution in [0, 0.1) is 29.1 Å². The summed E-state index contributed by atoms with van der Waals surface area (Å²) in [4.78, 5) is 7.16. The first-order valence-electron chi connectivity index (χ1n) is 11.3. The molecule has 3 aliphatic rings. The third-order valence-electron chi connectivity index (χ3n) is 7.51. The molecule has 4 nitrogen and oxygen atoms in total. The van der Waals surface area contributed by atoms with Crippen LogP contribution in [0.25, 0.3) is 0 Å². The van der Waals surface area contributed by atoms with Gasteiger partial charge in [0.2, 0.25) is 0 Å². The number of nitrogens with zero attached hydrogens (tertiary/aromatic N) is 3. The van der Waals surface area contributed by atoms with Crippen LogP contribution in [0.1, 0.15) is 50.5 Å². The molecule has 1 N–H and O–H groups in total. The number of halogens is 1. The first-order chi connectivity index (χ1) is 14.7. The van der Waals surface area contributed by atoms with Crippen LogP contribution in [-0.2, 0) is 0 Å². The van der Waals surface area contributed by atoms with Gasteiger partial charge in [-0.25, -0.2) is 4.98 Å². The minimum Gasteiger partial charge on any atom is -0.368 e. The summed E-state index contributed by atoms with van der Waals surface area (Å²) in [6.07, 6.45) is 11.2. The number of hydrogen-bond acceptors (Lipinski definition) is 4. The summed E-state index contributed by atoms with van der Waals surface area (Å²) >= 11 is 3.57. The average Bonchev–Trinajstić information content (AvgIpc) is 3.36. The molecule has 5 atom stereocenters. The molecule has 2 aliphatic carbocycles. The van der Waals surface area contributed by atoms with Crippen molar-refractivity contribution in [1.29, 1.82) is 5.26 Å². The molecule has 2 bridgehead atoms. The maximum Gasteiger partial charge on any atom is 0.127 e. The first-order valence-corrected chi connectivity index (χ1v) is 12.1. The van der Waals surface area contributed by atoms with Gasteiger partial charge in [0.15, 0.2) is 0 Å². The Kier molecular flexibility index (Phi) is 5.69. The Morgan fingerprint density at radius 2 is 1.93 bits per heavy atom. The van der Waals surface area contributed by atoms with Gasteiger partial charge in [0.25, 0.3) is 0 Å². The van der Waals surface area contributed by atoms with Crippen LogP contribution >= 0.6 is 15.9 Å². The van der Waals surface area contributed by atoms with Crippen molar-refractivity contribution >= 4 is 27.4 Å². The fourth-order valence-corrected chi connectivity index (χ4v) is 6.51. The van der Waals surface area contributed by atoms with Crippen molar-refractivity contribution in [2.75, 3.05) is 16.8 Å². The molecule has 1 aromatic heterocycles. The Morgan fingerprint density at radius 3 is 2.70 bits per heavy atom. The molecule has 5 rings (SSSR count). The van der Waals surface area contributed by atoms with E-state index < -0.39 is 0 Å². The van der Waals surface area contributed by atoms with E-state index in [0.29, 0.717) is 12.1 Å². The lowest BCUT2D eigenvalue weighted by Crippen LogP contribution is -2.41. The molecule has 1 aliphatic heterocycles. The number of aromatic nitrogens is 1. The van der Waals surface area contributed by atoms with Crippen molar-refractivity contribution in [3.63, 3.8) is 0 Å². The van der Waals surface area contributed by atoms with Crippen LogP contribution in [0.2, 0.25) is 0 Å². The lowest BCUT2D eigenvalue weighted by molar-refractivity contribution is 0.243. The SMILES string of the molecule is N#Cc1ccc(N2C[C@@H]3C[C@H](C[C@@H]4CCCC[C@H]4Nc4cc(Br)ccn4)[C@H]2C3)cc1. The van der Waals surface area contributed by atoms with Crippen molar-refractivity contribution in [2.45, 2.75) is 57.0 Å². The van der Waals surface area contributed by atoms with Gasteiger partial charge in [-0.2, -0.15) is 5.26 Å². The predicted molar refractivity (Wildman–Crippen MR) is 124 cm³/mol. The molecule has 0 unspecified atom stereocenters. The lowest BCUT2D eigenvalue weighted by Gasteiger charge is -2.40. The van der Waals surface area contributed by atoms with Gasteiger partial charge in [-0.05, 0) is 86.3 Å². The van der Waals surface area contributed by atoms with Crippen molar-refractivity contribution in [2.24, 2.45) is 17.8 Å². The van der Waals surface area contributed by atoms with Gasteiger partial charge in [-0.1, -0.05) is 28.8 Å². The van der Waals surface area contributed by atoms with Crippen LogP contribution in [0.15, 0.2) is 47.1 Å². The molecule has 2 heterocycles. The zero-order chi connectivity index (χ0) is 20.5. The maximum absolute atomic E-state index is 9.09. The van der Waals surface area contributed by atoms with Gasteiger partial charge < -0.3 is 10.2 Å². The third-order valence-corrected chi connectivity index (χ3v) is 8.00. The highest BCUT2D eigenvalue weighted by Crippen LogP contribution is 2.47. The lowest BCUT2D eigenvalue weighted by atomic mass is 9.77. The van der Waals surface area contributed by atoms with Crippen LogP contribution < -0.4 is 10.2 Å². The summed E-state index contributed by atoms with van der Waals surface area (Å²) in [5.41, 5.74) is 2.04. The average molecular weight is 465 g/mol. The largest absolute Gasteiger partial charge is 0.368 e. The highest BCUT2D eigenvalue weighted by Gasteiger charge is 2.46. The number of benzene rings is 1.